The molecule has 0 bridgehead atoms. The number of fused-ring (bicyclic) bond motifs is 1. The quantitative estimate of drug-likeness (QED) is 0.773. The Balaban J connectivity index is 1.52. The van der Waals surface area contributed by atoms with Crippen LogP contribution in [0, 0.1) is 6.92 Å². The number of anilines is 2. The Labute approximate surface area is 130 Å². The van der Waals surface area contributed by atoms with E-state index in [1.165, 1.54) is 11.3 Å². The van der Waals surface area contributed by atoms with Gasteiger partial charge in [-0.05, 0) is 37.5 Å². The lowest BCUT2D eigenvalue weighted by molar-refractivity contribution is 0.0955. The Hall–Kier alpha value is -2.41. The van der Waals surface area contributed by atoms with E-state index < -0.39 is 0 Å². The Morgan fingerprint density at radius 1 is 1.41 bits per heavy atom. The second kappa shape index (κ2) is 5.10. The summed E-state index contributed by atoms with van der Waals surface area (Å²) in [4.78, 5) is 21.1. The molecule has 22 heavy (non-hydrogen) atoms. The van der Waals surface area contributed by atoms with Crippen molar-refractivity contribution in [2.45, 2.75) is 25.8 Å². The van der Waals surface area contributed by atoms with Crippen LogP contribution < -0.4 is 10.6 Å². The molecule has 1 fully saturated rings. The number of aromatic nitrogens is 2. The normalized spacial score (nSPS) is 14.2. The third-order valence-corrected chi connectivity index (χ3v) is 4.31. The molecule has 1 aromatic carbocycles. The highest BCUT2D eigenvalue weighted by Crippen LogP contribution is 2.26. The first kappa shape index (κ1) is 13.3. The summed E-state index contributed by atoms with van der Waals surface area (Å²) >= 11 is 1.28. The zero-order valence-corrected chi connectivity index (χ0v) is 12.7. The third-order valence-electron chi connectivity index (χ3n) is 3.40. The molecular formula is C15H14N4O2S. The minimum atomic E-state index is -0.0683. The van der Waals surface area contributed by atoms with Crippen LogP contribution in [-0.2, 0) is 0 Å². The zero-order chi connectivity index (χ0) is 15.1. The summed E-state index contributed by atoms with van der Waals surface area (Å²) in [5, 5.41) is 6.53. The first-order valence-corrected chi connectivity index (χ1v) is 7.90. The molecule has 3 aromatic rings. The lowest BCUT2D eigenvalue weighted by atomic mass is 10.2. The molecule has 0 saturated heterocycles. The molecule has 112 valence electrons. The van der Waals surface area contributed by atoms with Crippen LogP contribution in [0.25, 0.3) is 11.1 Å². The number of nitrogens with one attached hydrogen (secondary N) is 2. The third kappa shape index (κ3) is 2.67. The molecule has 6 nitrogen and oxygen atoms in total. The fraction of sp³-hybridized carbons (Fsp3) is 0.267. The average molecular weight is 314 g/mol. The van der Waals surface area contributed by atoms with Crippen molar-refractivity contribution < 1.29 is 9.21 Å². The maximum Gasteiger partial charge on any atom is 0.302 e. The monoisotopic (exact) mass is 314 g/mol. The van der Waals surface area contributed by atoms with Crippen LogP contribution >= 0.6 is 11.3 Å². The number of carbonyl (C=O) groups is 1. The highest BCUT2D eigenvalue weighted by molar-refractivity contribution is 7.17. The van der Waals surface area contributed by atoms with Crippen molar-refractivity contribution in [3.63, 3.8) is 0 Å². The standard InChI is InChI=1S/C15H14N4O2S/c1-8-2-5-11-10(6-8)18-14(21-11)19-15-16-7-12(22-15)13(20)17-9-3-4-9/h2,5-7,9H,3-4H2,1H3,(H,17,20)(H,16,18,19). The molecule has 2 N–H and O–H groups in total. The maximum absolute atomic E-state index is 11.9. The Bertz CT molecular complexity index is 850. The summed E-state index contributed by atoms with van der Waals surface area (Å²) < 4.78 is 5.62. The summed E-state index contributed by atoms with van der Waals surface area (Å²) in [6, 6.07) is 6.54. The molecule has 2 heterocycles. The fourth-order valence-electron chi connectivity index (χ4n) is 2.10. The minimum absolute atomic E-state index is 0.0683. The van der Waals surface area contributed by atoms with E-state index in [0.29, 0.717) is 22.1 Å². The highest BCUT2D eigenvalue weighted by Gasteiger charge is 2.24. The number of carbonyl (C=O) groups excluding carboxylic acids is 1. The number of aryl methyl sites for hydroxylation is 1. The summed E-state index contributed by atoms with van der Waals surface area (Å²) in [5.41, 5.74) is 2.64. The topological polar surface area (TPSA) is 80.0 Å². The van der Waals surface area contributed by atoms with E-state index in [1.54, 1.807) is 6.20 Å². The lowest BCUT2D eigenvalue weighted by Crippen LogP contribution is -2.24. The van der Waals surface area contributed by atoms with Gasteiger partial charge in [0.1, 0.15) is 10.4 Å². The molecule has 7 heteroatoms. The maximum atomic E-state index is 11.9. The molecule has 0 aliphatic heterocycles. The zero-order valence-electron chi connectivity index (χ0n) is 11.9. The SMILES string of the molecule is Cc1ccc2oc(Nc3ncc(C(=O)NC4CC4)s3)nc2c1. The van der Waals surface area contributed by atoms with Gasteiger partial charge in [-0.1, -0.05) is 17.4 Å². The largest absolute Gasteiger partial charge is 0.423 e. The average Bonchev–Trinajstić information content (AvgIpc) is 3.03. The Morgan fingerprint density at radius 2 is 2.27 bits per heavy atom. The van der Waals surface area contributed by atoms with Crippen LogP contribution in [0.4, 0.5) is 11.1 Å². The van der Waals surface area contributed by atoms with E-state index in [1.807, 2.05) is 25.1 Å². The number of thiazole rings is 1. The van der Waals surface area contributed by atoms with Crippen LogP contribution in [0.1, 0.15) is 28.1 Å². The molecule has 0 atom stereocenters. The predicted octanol–water partition coefficient (Wildman–Crippen LogP) is 3.23. The molecule has 1 saturated carbocycles. The van der Waals surface area contributed by atoms with Crippen LogP contribution in [0.15, 0.2) is 28.8 Å². The number of hydrogen-bond donors (Lipinski definition) is 2. The van der Waals surface area contributed by atoms with Crippen molar-refractivity contribution in [1.29, 1.82) is 0 Å². The number of oxazole rings is 1. The van der Waals surface area contributed by atoms with Gasteiger partial charge in [-0.25, -0.2) is 4.98 Å². The molecule has 1 aliphatic carbocycles. The van der Waals surface area contributed by atoms with Crippen molar-refractivity contribution in [1.82, 2.24) is 15.3 Å². The van der Waals surface area contributed by atoms with E-state index in [9.17, 15) is 4.79 Å². The van der Waals surface area contributed by atoms with Crippen molar-refractivity contribution in [3.8, 4) is 0 Å². The Morgan fingerprint density at radius 3 is 3.09 bits per heavy atom. The number of amides is 1. The minimum Gasteiger partial charge on any atom is -0.423 e. The van der Waals surface area contributed by atoms with Crippen LogP contribution in [0.3, 0.4) is 0 Å². The fourth-order valence-corrected chi connectivity index (χ4v) is 2.81. The molecule has 4 rings (SSSR count). The van der Waals surface area contributed by atoms with Crippen molar-refractivity contribution in [2.75, 3.05) is 5.32 Å². The van der Waals surface area contributed by atoms with E-state index in [2.05, 4.69) is 20.6 Å². The van der Waals surface area contributed by atoms with Crippen molar-refractivity contribution in [3.05, 3.63) is 34.8 Å². The van der Waals surface area contributed by atoms with E-state index in [4.69, 9.17) is 4.42 Å². The second-order valence-electron chi connectivity index (χ2n) is 5.39. The van der Waals surface area contributed by atoms with E-state index in [0.717, 1.165) is 29.5 Å². The summed E-state index contributed by atoms with van der Waals surface area (Å²) in [7, 11) is 0. The number of hydrogen-bond acceptors (Lipinski definition) is 6. The van der Waals surface area contributed by atoms with Crippen LogP contribution in [0.5, 0.6) is 0 Å². The molecule has 2 aromatic heterocycles. The van der Waals surface area contributed by atoms with Gasteiger partial charge in [0.2, 0.25) is 0 Å². The van der Waals surface area contributed by atoms with Gasteiger partial charge in [0.05, 0.1) is 6.20 Å². The lowest BCUT2D eigenvalue weighted by Gasteiger charge is -1.98. The van der Waals surface area contributed by atoms with Crippen LogP contribution in [0.2, 0.25) is 0 Å². The predicted molar refractivity (Wildman–Crippen MR) is 84.6 cm³/mol. The Kier molecular flexibility index (Phi) is 3.07. The molecule has 1 amide bonds. The van der Waals surface area contributed by atoms with E-state index >= 15 is 0 Å². The summed E-state index contributed by atoms with van der Waals surface area (Å²) in [5.74, 6) is -0.0683. The molecule has 1 aliphatic rings. The van der Waals surface area contributed by atoms with Gasteiger partial charge in [-0.2, -0.15) is 4.98 Å². The van der Waals surface area contributed by atoms with Gasteiger partial charge in [0.25, 0.3) is 5.91 Å². The van der Waals surface area contributed by atoms with E-state index in [-0.39, 0.29) is 5.91 Å². The van der Waals surface area contributed by atoms with Gasteiger partial charge in [-0.3, -0.25) is 10.1 Å². The van der Waals surface area contributed by atoms with Crippen molar-refractivity contribution >= 4 is 39.5 Å². The van der Waals surface area contributed by atoms with Gasteiger partial charge >= 0.3 is 6.01 Å². The number of nitrogens with zero attached hydrogens (tertiary/aromatic N) is 2. The number of benzene rings is 1. The first-order chi connectivity index (χ1) is 10.7. The molecular weight excluding hydrogens is 300 g/mol. The summed E-state index contributed by atoms with van der Waals surface area (Å²) in [6.45, 7) is 2.01. The molecule has 0 spiro atoms. The first-order valence-electron chi connectivity index (χ1n) is 7.08. The van der Waals surface area contributed by atoms with Gasteiger partial charge < -0.3 is 9.73 Å². The molecule has 0 unspecified atom stereocenters. The number of rotatable bonds is 4. The van der Waals surface area contributed by atoms with Crippen LogP contribution in [-0.4, -0.2) is 21.9 Å². The molecule has 0 radical (unpaired) electrons. The highest BCUT2D eigenvalue weighted by atomic mass is 32.1. The second-order valence-corrected chi connectivity index (χ2v) is 6.42. The van der Waals surface area contributed by atoms with Gasteiger partial charge in [-0.15, -0.1) is 0 Å². The van der Waals surface area contributed by atoms with Crippen molar-refractivity contribution in [2.24, 2.45) is 0 Å². The summed E-state index contributed by atoms with van der Waals surface area (Å²) in [6.07, 6.45) is 3.70. The smallest absolute Gasteiger partial charge is 0.302 e. The van der Waals surface area contributed by atoms with Gasteiger partial charge in [0.15, 0.2) is 10.7 Å². The van der Waals surface area contributed by atoms with Gasteiger partial charge in [0, 0.05) is 6.04 Å².